The summed E-state index contributed by atoms with van der Waals surface area (Å²) in [7, 11) is 0. The molecule has 116 valence electrons. The quantitative estimate of drug-likeness (QED) is 0.905. The minimum atomic E-state index is 0.190. The molecule has 4 heteroatoms. The molecule has 0 spiro atoms. The third kappa shape index (κ3) is 4.74. The Balaban J connectivity index is 1.74. The normalized spacial score (nSPS) is 16.0. The Morgan fingerprint density at radius 2 is 1.86 bits per heavy atom. The van der Waals surface area contributed by atoms with E-state index in [0.29, 0.717) is 18.9 Å². The molecule has 1 aromatic carbocycles. The number of carbonyl (C=O) groups excluding carboxylic acids is 1. The molecule has 0 atom stereocenters. The van der Waals surface area contributed by atoms with E-state index in [1.54, 1.807) is 0 Å². The summed E-state index contributed by atoms with van der Waals surface area (Å²) in [5.41, 5.74) is 8.03. The van der Waals surface area contributed by atoms with E-state index in [2.05, 4.69) is 6.07 Å². The molecule has 1 aliphatic rings. The third-order valence-electron chi connectivity index (χ3n) is 4.08. The van der Waals surface area contributed by atoms with Crippen LogP contribution in [0.5, 0.6) is 5.75 Å². The first kappa shape index (κ1) is 15.8. The van der Waals surface area contributed by atoms with Gasteiger partial charge in [-0.3, -0.25) is 4.79 Å². The SMILES string of the molecule is Cc1cc(C)cc(OCCC(=O)N2CCC(CN)CC2)c1. The summed E-state index contributed by atoms with van der Waals surface area (Å²) >= 11 is 0. The topological polar surface area (TPSA) is 55.6 Å². The number of hydrogen-bond acceptors (Lipinski definition) is 3. The zero-order chi connectivity index (χ0) is 15.2. The fourth-order valence-electron chi connectivity index (χ4n) is 2.85. The zero-order valence-corrected chi connectivity index (χ0v) is 13.1. The lowest BCUT2D eigenvalue weighted by Crippen LogP contribution is -2.40. The van der Waals surface area contributed by atoms with Crippen LogP contribution in [-0.2, 0) is 4.79 Å². The van der Waals surface area contributed by atoms with E-state index in [1.807, 2.05) is 30.9 Å². The summed E-state index contributed by atoms with van der Waals surface area (Å²) in [4.78, 5) is 14.1. The molecule has 1 aliphatic heterocycles. The van der Waals surface area contributed by atoms with E-state index < -0.39 is 0 Å². The summed E-state index contributed by atoms with van der Waals surface area (Å²) in [6.07, 6.45) is 2.50. The predicted octanol–water partition coefficient (Wildman–Crippen LogP) is 2.27. The van der Waals surface area contributed by atoms with Gasteiger partial charge >= 0.3 is 0 Å². The van der Waals surface area contributed by atoms with Crippen molar-refractivity contribution >= 4 is 5.91 Å². The first-order valence-electron chi connectivity index (χ1n) is 7.77. The van der Waals surface area contributed by atoms with E-state index in [0.717, 1.165) is 38.2 Å². The molecule has 0 aliphatic carbocycles. The van der Waals surface area contributed by atoms with Gasteiger partial charge in [0.05, 0.1) is 13.0 Å². The molecule has 2 N–H and O–H groups in total. The second-order valence-corrected chi connectivity index (χ2v) is 5.98. The van der Waals surface area contributed by atoms with Gasteiger partial charge in [0.1, 0.15) is 5.75 Å². The molecule has 0 radical (unpaired) electrons. The number of amides is 1. The molecule has 21 heavy (non-hydrogen) atoms. The molecule has 0 bridgehead atoms. The van der Waals surface area contributed by atoms with Crippen molar-refractivity contribution in [2.24, 2.45) is 11.7 Å². The average Bonchev–Trinajstić information content (AvgIpc) is 2.46. The number of ether oxygens (including phenoxy) is 1. The smallest absolute Gasteiger partial charge is 0.225 e. The van der Waals surface area contributed by atoms with Crippen molar-refractivity contribution < 1.29 is 9.53 Å². The van der Waals surface area contributed by atoms with Crippen molar-refractivity contribution in [1.82, 2.24) is 4.90 Å². The van der Waals surface area contributed by atoms with Gasteiger partial charge in [-0.2, -0.15) is 0 Å². The summed E-state index contributed by atoms with van der Waals surface area (Å²) in [6, 6.07) is 6.12. The third-order valence-corrected chi connectivity index (χ3v) is 4.08. The first-order chi connectivity index (χ1) is 10.1. The number of nitrogens with two attached hydrogens (primary N) is 1. The van der Waals surface area contributed by atoms with Crippen molar-refractivity contribution in [2.45, 2.75) is 33.1 Å². The minimum Gasteiger partial charge on any atom is -0.493 e. The zero-order valence-electron chi connectivity index (χ0n) is 13.1. The van der Waals surface area contributed by atoms with E-state index in [9.17, 15) is 4.79 Å². The molecule has 1 fully saturated rings. The summed E-state index contributed by atoms with van der Waals surface area (Å²) in [5.74, 6) is 1.62. The highest BCUT2D eigenvalue weighted by Gasteiger charge is 2.21. The van der Waals surface area contributed by atoms with E-state index in [4.69, 9.17) is 10.5 Å². The number of hydrogen-bond donors (Lipinski definition) is 1. The highest BCUT2D eigenvalue weighted by Crippen LogP contribution is 2.18. The Morgan fingerprint density at radius 3 is 2.43 bits per heavy atom. The van der Waals surface area contributed by atoms with Crippen LogP contribution in [0.4, 0.5) is 0 Å². The molecule has 2 rings (SSSR count). The lowest BCUT2D eigenvalue weighted by molar-refractivity contribution is -0.133. The standard InChI is InChI=1S/C17H26N2O2/c1-13-9-14(2)11-16(10-13)21-8-5-17(20)19-6-3-15(12-18)4-7-19/h9-11,15H,3-8,12,18H2,1-2H3. The van der Waals surface area contributed by atoms with Gasteiger partial charge in [-0.15, -0.1) is 0 Å². The van der Waals surface area contributed by atoms with Crippen LogP contribution in [0.15, 0.2) is 18.2 Å². The van der Waals surface area contributed by atoms with E-state index >= 15 is 0 Å². The van der Waals surface area contributed by atoms with Crippen LogP contribution in [0.2, 0.25) is 0 Å². The Morgan fingerprint density at radius 1 is 1.24 bits per heavy atom. The molecule has 0 unspecified atom stereocenters. The van der Waals surface area contributed by atoms with Gasteiger partial charge in [0.15, 0.2) is 0 Å². The second kappa shape index (κ2) is 7.46. The maximum Gasteiger partial charge on any atom is 0.225 e. The van der Waals surface area contributed by atoms with Crippen LogP contribution >= 0.6 is 0 Å². The molecule has 4 nitrogen and oxygen atoms in total. The van der Waals surface area contributed by atoms with Crippen molar-refractivity contribution in [3.63, 3.8) is 0 Å². The van der Waals surface area contributed by atoms with E-state index in [1.165, 1.54) is 11.1 Å². The van der Waals surface area contributed by atoms with Gasteiger partial charge in [0.2, 0.25) is 5.91 Å². The number of rotatable bonds is 5. The Hall–Kier alpha value is -1.55. The van der Waals surface area contributed by atoms with Crippen LogP contribution in [0.3, 0.4) is 0 Å². The van der Waals surface area contributed by atoms with Gasteiger partial charge in [-0.05, 0) is 62.4 Å². The van der Waals surface area contributed by atoms with E-state index in [-0.39, 0.29) is 5.91 Å². The highest BCUT2D eigenvalue weighted by molar-refractivity contribution is 5.76. The number of aryl methyl sites for hydroxylation is 2. The fourth-order valence-corrected chi connectivity index (χ4v) is 2.85. The molecule has 1 heterocycles. The van der Waals surface area contributed by atoms with Crippen LogP contribution in [0.25, 0.3) is 0 Å². The molecule has 1 aromatic rings. The number of piperidine rings is 1. The molecule has 0 saturated carbocycles. The first-order valence-corrected chi connectivity index (χ1v) is 7.77. The minimum absolute atomic E-state index is 0.190. The summed E-state index contributed by atoms with van der Waals surface area (Å²) in [6.45, 7) is 6.95. The van der Waals surface area contributed by atoms with Crippen molar-refractivity contribution in [1.29, 1.82) is 0 Å². The van der Waals surface area contributed by atoms with Crippen molar-refractivity contribution in [2.75, 3.05) is 26.2 Å². The van der Waals surface area contributed by atoms with Crippen LogP contribution in [0, 0.1) is 19.8 Å². The lowest BCUT2D eigenvalue weighted by Gasteiger charge is -2.31. The number of likely N-dealkylation sites (tertiary alicyclic amines) is 1. The largest absolute Gasteiger partial charge is 0.493 e. The van der Waals surface area contributed by atoms with Gasteiger partial charge in [0, 0.05) is 13.1 Å². The highest BCUT2D eigenvalue weighted by atomic mass is 16.5. The van der Waals surface area contributed by atoms with Crippen LogP contribution in [-0.4, -0.2) is 37.0 Å². The van der Waals surface area contributed by atoms with Crippen molar-refractivity contribution in [3.8, 4) is 5.75 Å². The van der Waals surface area contributed by atoms with Crippen LogP contribution < -0.4 is 10.5 Å². The molecule has 1 saturated heterocycles. The Labute approximate surface area is 127 Å². The molecule has 0 aromatic heterocycles. The number of benzene rings is 1. The second-order valence-electron chi connectivity index (χ2n) is 5.98. The predicted molar refractivity (Wildman–Crippen MR) is 84.4 cm³/mol. The maximum atomic E-state index is 12.1. The maximum absolute atomic E-state index is 12.1. The monoisotopic (exact) mass is 290 g/mol. The number of carbonyl (C=O) groups is 1. The average molecular weight is 290 g/mol. The van der Waals surface area contributed by atoms with Gasteiger partial charge < -0.3 is 15.4 Å². The van der Waals surface area contributed by atoms with Gasteiger partial charge in [0.25, 0.3) is 0 Å². The lowest BCUT2D eigenvalue weighted by atomic mass is 9.97. The Bertz CT molecular complexity index is 459. The molecular formula is C17H26N2O2. The summed E-state index contributed by atoms with van der Waals surface area (Å²) in [5, 5.41) is 0. The molecular weight excluding hydrogens is 264 g/mol. The fraction of sp³-hybridized carbons (Fsp3) is 0.588. The van der Waals surface area contributed by atoms with Crippen molar-refractivity contribution in [3.05, 3.63) is 29.3 Å². The number of nitrogens with zero attached hydrogens (tertiary/aromatic N) is 1. The van der Waals surface area contributed by atoms with Gasteiger partial charge in [-0.25, -0.2) is 0 Å². The van der Waals surface area contributed by atoms with Gasteiger partial charge in [-0.1, -0.05) is 6.07 Å². The summed E-state index contributed by atoms with van der Waals surface area (Å²) < 4.78 is 5.70. The Kier molecular flexibility index (Phi) is 5.62. The van der Waals surface area contributed by atoms with Crippen LogP contribution in [0.1, 0.15) is 30.4 Å². The molecule has 1 amide bonds.